The zero-order valence-electron chi connectivity index (χ0n) is 12.2. The van der Waals surface area contributed by atoms with E-state index < -0.39 is 15.8 Å². The van der Waals surface area contributed by atoms with Crippen molar-refractivity contribution >= 4 is 21.8 Å². The molecule has 2 atom stereocenters. The van der Waals surface area contributed by atoms with Gasteiger partial charge in [-0.15, -0.1) is 0 Å². The van der Waals surface area contributed by atoms with Gasteiger partial charge in [0, 0.05) is 23.4 Å². The maximum Gasteiger partial charge on any atom is 0.241 e. The molecule has 21 heavy (non-hydrogen) atoms. The predicted octanol–water partition coefficient (Wildman–Crippen LogP) is 2.16. The fourth-order valence-electron chi connectivity index (χ4n) is 2.65. The lowest BCUT2D eigenvalue weighted by atomic mass is 10.1. The molecule has 0 bridgehead atoms. The summed E-state index contributed by atoms with van der Waals surface area (Å²) in [6.45, 7) is 1.58. The van der Waals surface area contributed by atoms with Crippen molar-refractivity contribution in [3.8, 4) is 0 Å². The third-order valence-electron chi connectivity index (χ3n) is 3.92. The van der Waals surface area contributed by atoms with E-state index in [-0.39, 0.29) is 23.0 Å². The maximum absolute atomic E-state index is 13.8. The number of rotatable bonds is 5. The normalized spacial score (nSPS) is 22.7. The molecule has 1 aliphatic rings. The predicted molar refractivity (Wildman–Crippen MR) is 84.3 cm³/mol. The molecule has 118 valence electrons. The molecular formula is C14H21FN2O2S2. The van der Waals surface area contributed by atoms with Gasteiger partial charge in [0.15, 0.2) is 0 Å². The Morgan fingerprint density at radius 3 is 2.71 bits per heavy atom. The fraction of sp³-hybridized carbons (Fsp3) is 0.571. The molecule has 0 saturated heterocycles. The van der Waals surface area contributed by atoms with Crippen LogP contribution < -0.4 is 10.5 Å². The van der Waals surface area contributed by atoms with E-state index in [0.717, 1.165) is 19.3 Å². The van der Waals surface area contributed by atoms with Crippen LogP contribution in [0.4, 0.5) is 4.39 Å². The Morgan fingerprint density at radius 1 is 1.43 bits per heavy atom. The Kier molecular flexibility index (Phi) is 5.29. The minimum absolute atomic E-state index is 0.00412. The largest absolute Gasteiger partial charge is 0.326 e. The molecule has 7 heteroatoms. The van der Waals surface area contributed by atoms with Crippen molar-refractivity contribution in [2.75, 3.05) is 6.26 Å². The van der Waals surface area contributed by atoms with Crippen LogP contribution in [0.2, 0.25) is 0 Å². The maximum atomic E-state index is 13.8. The van der Waals surface area contributed by atoms with Crippen molar-refractivity contribution < 1.29 is 12.8 Å². The van der Waals surface area contributed by atoms with E-state index in [1.54, 1.807) is 11.8 Å². The number of halogens is 1. The van der Waals surface area contributed by atoms with Crippen LogP contribution in [-0.4, -0.2) is 26.0 Å². The van der Waals surface area contributed by atoms with Crippen LogP contribution in [0.5, 0.6) is 0 Å². The topological polar surface area (TPSA) is 72.2 Å². The minimum Gasteiger partial charge on any atom is -0.326 e. The molecule has 0 spiro atoms. The standard InChI is InChI=1S/C14H21FN2O2S2/c1-9-13(15)5-10(8-16)6-14(9)21(18,19)17-11-3-4-12(7-11)20-2/h5-6,11-12,17H,3-4,7-8,16H2,1-2H3. The van der Waals surface area contributed by atoms with Crippen LogP contribution in [0.3, 0.4) is 0 Å². The highest BCUT2D eigenvalue weighted by atomic mass is 32.2. The number of nitrogens with one attached hydrogen (secondary N) is 1. The molecule has 4 nitrogen and oxygen atoms in total. The van der Waals surface area contributed by atoms with Crippen molar-refractivity contribution in [2.24, 2.45) is 5.73 Å². The summed E-state index contributed by atoms with van der Waals surface area (Å²) in [5.41, 5.74) is 6.11. The summed E-state index contributed by atoms with van der Waals surface area (Å²) in [6.07, 6.45) is 4.68. The van der Waals surface area contributed by atoms with Crippen LogP contribution in [0, 0.1) is 12.7 Å². The Morgan fingerprint density at radius 2 is 2.14 bits per heavy atom. The van der Waals surface area contributed by atoms with E-state index in [9.17, 15) is 12.8 Å². The lowest BCUT2D eigenvalue weighted by molar-refractivity contribution is 0.548. The second-order valence-corrected chi connectivity index (χ2v) is 8.21. The van der Waals surface area contributed by atoms with E-state index in [1.165, 1.54) is 19.1 Å². The summed E-state index contributed by atoms with van der Waals surface area (Å²) in [4.78, 5) is -0.00412. The molecular weight excluding hydrogens is 311 g/mol. The van der Waals surface area contributed by atoms with Gasteiger partial charge in [0.1, 0.15) is 5.82 Å². The summed E-state index contributed by atoms with van der Waals surface area (Å²) in [6, 6.07) is 2.67. The summed E-state index contributed by atoms with van der Waals surface area (Å²) in [5.74, 6) is -0.535. The molecule has 1 aliphatic carbocycles. The molecule has 2 unspecified atom stereocenters. The number of nitrogens with two attached hydrogens (primary N) is 1. The Hall–Kier alpha value is -0.630. The summed E-state index contributed by atoms with van der Waals surface area (Å²) in [5, 5.41) is 0.492. The van der Waals surface area contributed by atoms with E-state index in [0.29, 0.717) is 10.8 Å². The Labute approximate surface area is 129 Å². The molecule has 3 N–H and O–H groups in total. The monoisotopic (exact) mass is 332 g/mol. The average molecular weight is 332 g/mol. The van der Waals surface area contributed by atoms with Gasteiger partial charge < -0.3 is 5.73 Å². The average Bonchev–Trinajstić information content (AvgIpc) is 2.88. The van der Waals surface area contributed by atoms with Crippen molar-refractivity contribution in [3.05, 3.63) is 29.1 Å². The highest BCUT2D eigenvalue weighted by molar-refractivity contribution is 7.99. The van der Waals surface area contributed by atoms with E-state index in [1.807, 2.05) is 6.26 Å². The third-order valence-corrected chi connectivity index (χ3v) is 6.66. The zero-order valence-corrected chi connectivity index (χ0v) is 13.9. The Balaban J connectivity index is 2.26. The van der Waals surface area contributed by atoms with Crippen LogP contribution in [0.1, 0.15) is 30.4 Å². The second-order valence-electron chi connectivity index (χ2n) is 5.39. The summed E-state index contributed by atoms with van der Waals surface area (Å²) < 4.78 is 41.5. The lowest BCUT2D eigenvalue weighted by Crippen LogP contribution is -2.33. The number of hydrogen-bond donors (Lipinski definition) is 2. The molecule has 1 fully saturated rings. The van der Waals surface area contributed by atoms with Crippen molar-refractivity contribution in [1.29, 1.82) is 0 Å². The summed E-state index contributed by atoms with van der Waals surface area (Å²) in [7, 11) is -3.72. The van der Waals surface area contributed by atoms with Crippen LogP contribution in [-0.2, 0) is 16.6 Å². The molecule has 0 amide bonds. The molecule has 0 radical (unpaired) electrons. The molecule has 0 heterocycles. The lowest BCUT2D eigenvalue weighted by Gasteiger charge is -2.16. The molecule has 1 aromatic carbocycles. The third kappa shape index (κ3) is 3.77. The fourth-order valence-corrected chi connectivity index (χ4v) is 5.03. The highest BCUT2D eigenvalue weighted by Crippen LogP contribution is 2.30. The van der Waals surface area contributed by atoms with Gasteiger partial charge in [-0.25, -0.2) is 17.5 Å². The first-order valence-corrected chi connectivity index (χ1v) is 9.68. The van der Waals surface area contributed by atoms with Crippen LogP contribution >= 0.6 is 11.8 Å². The first kappa shape index (κ1) is 16.7. The smallest absolute Gasteiger partial charge is 0.241 e. The minimum atomic E-state index is -3.72. The second kappa shape index (κ2) is 6.64. The van der Waals surface area contributed by atoms with Gasteiger partial charge in [0.25, 0.3) is 0 Å². The highest BCUT2D eigenvalue weighted by Gasteiger charge is 2.29. The first-order chi connectivity index (χ1) is 9.87. The molecule has 0 aromatic heterocycles. The van der Waals surface area contributed by atoms with Crippen molar-refractivity contribution in [3.63, 3.8) is 0 Å². The number of hydrogen-bond acceptors (Lipinski definition) is 4. The quantitative estimate of drug-likeness (QED) is 0.867. The summed E-state index contributed by atoms with van der Waals surface area (Å²) >= 11 is 1.76. The van der Waals surface area contributed by atoms with Gasteiger partial charge in [-0.2, -0.15) is 11.8 Å². The number of thioether (sulfide) groups is 1. The van der Waals surface area contributed by atoms with Gasteiger partial charge >= 0.3 is 0 Å². The number of sulfonamides is 1. The SMILES string of the molecule is CSC1CCC(NS(=O)(=O)c2cc(CN)cc(F)c2C)C1. The number of benzene rings is 1. The van der Waals surface area contributed by atoms with Gasteiger partial charge in [-0.1, -0.05) is 0 Å². The Bertz CT molecular complexity index is 620. The molecule has 1 saturated carbocycles. The van der Waals surface area contributed by atoms with E-state index >= 15 is 0 Å². The van der Waals surface area contributed by atoms with Gasteiger partial charge in [0.2, 0.25) is 10.0 Å². The molecule has 0 aliphatic heterocycles. The van der Waals surface area contributed by atoms with Crippen molar-refractivity contribution in [1.82, 2.24) is 4.72 Å². The van der Waals surface area contributed by atoms with E-state index in [2.05, 4.69) is 4.72 Å². The molecule has 1 aromatic rings. The van der Waals surface area contributed by atoms with Gasteiger partial charge in [0.05, 0.1) is 4.90 Å². The molecule has 2 rings (SSSR count). The zero-order chi connectivity index (χ0) is 15.6. The first-order valence-electron chi connectivity index (χ1n) is 6.91. The van der Waals surface area contributed by atoms with Gasteiger partial charge in [-0.3, -0.25) is 0 Å². The van der Waals surface area contributed by atoms with Crippen LogP contribution in [0.25, 0.3) is 0 Å². The van der Waals surface area contributed by atoms with E-state index in [4.69, 9.17) is 5.73 Å². The van der Waals surface area contributed by atoms with Crippen LogP contribution in [0.15, 0.2) is 17.0 Å². The van der Waals surface area contributed by atoms with Gasteiger partial charge in [-0.05, 0) is 50.1 Å². The van der Waals surface area contributed by atoms with Crippen molar-refractivity contribution in [2.45, 2.75) is 48.9 Å².